The molecule has 9 nitrogen and oxygen atoms in total. The SMILES string of the molecule is COc1ccc(CN(c2ncns2)S(=O)(=O)c2ccc(N=C3CCN(Cc4ccccc4)C3)c(Cl)c2)c(OC)c1. The summed E-state index contributed by atoms with van der Waals surface area (Å²) < 4.78 is 43.7. The van der Waals surface area contributed by atoms with Crippen LogP contribution in [0.15, 0.2) is 82.9 Å². The molecule has 0 atom stereocenters. The number of benzene rings is 3. The maximum Gasteiger partial charge on any atom is 0.266 e. The maximum atomic E-state index is 13.9. The number of halogens is 1. The summed E-state index contributed by atoms with van der Waals surface area (Å²) in [5.41, 5.74) is 3.44. The van der Waals surface area contributed by atoms with E-state index in [0.717, 1.165) is 43.3 Å². The van der Waals surface area contributed by atoms with Gasteiger partial charge in [0.15, 0.2) is 0 Å². The first-order valence-corrected chi connectivity index (χ1v) is 15.1. The van der Waals surface area contributed by atoms with Crippen LogP contribution in [0.4, 0.5) is 10.8 Å². The van der Waals surface area contributed by atoms with E-state index in [2.05, 4.69) is 26.4 Å². The van der Waals surface area contributed by atoms with Crippen LogP contribution in [0.5, 0.6) is 11.5 Å². The summed E-state index contributed by atoms with van der Waals surface area (Å²) in [6, 6.07) is 20.1. The molecule has 1 saturated heterocycles. The minimum atomic E-state index is -4.06. The summed E-state index contributed by atoms with van der Waals surface area (Å²) in [5, 5.41) is 0.483. The number of methoxy groups -OCH3 is 2. The van der Waals surface area contributed by atoms with E-state index in [1.807, 2.05) is 18.2 Å². The Hall–Kier alpha value is -3.51. The molecule has 40 heavy (non-hydrogen) atoms. The second-order valence-corrected chi connectivity index (χ2v) is 12.2. The van der Waals surface area contributed by atoms with E-state index in [9.17, 15) is 8.42 Å². The quantitative estimate of drug-likeness (QED) is 0.235. The van der Waals surface area contributed by atoms with Crippen LogP contribution in [0.25, 0.3) is 0 Å². The van der Waals surface area contributed by atoms with Crippen molar-refractivity contribution in [2.75, 3.05) is 31.6 Å². The summed E-state index contributed by atoms with van der Waals surface area (Å²) in [5.74, 6) is 1.09. The number of sulfonamides is 1. The minimum absolute atomic E-state index is 0.0242. The highest BCUT2D eigenvalue weighted by Gasteiger charge is 2.29. The maximum absolute atomic E-state index is 13.9. The van der Waals surface area contributed by atoms with Gasteiger partial charge in [0.05, 0.1) is 36.4 Å². The fraction of sp³-hybridized carbons (Fsp3) is 0.250. The third-order valence-corrected chi connectivity index (χ3v) is 9.37. The topological polar surface area (TPSA) is 97.2 Å². The van der Waals surface area contributed by atoms with Crippen LogP contribution in [-0.4, -0.2) is 55.7 Å². The number of ether oxygens (including phenoxy) is 2. The van der Waals surface area contributed by atoms with Gasteiger partial charge in [0, 0.05) is 48.5 Å². The number of rotatable bonds is 10. The molecule has 3 aromatic carbocycles. The average Bonchev–Trinajstić information content (AvgIpc) is 3.65. The summed E-state index contributed by atoms with van der Waals surface area (Å²) in [4.78, 5) is 11.3. The van der Waals surface area contributed by atoms with Crippen LogP contribution in [0.1, 0.15) is 17.5 Å². The first-order valence-electron chi connectivity index (χ1n) is 12.5. The molecular weight excluding hydrogens is 570 g/mol. The van der Waals surface area contributed by atoms with Crippen molar-refractivity contribution in [3.63, 3.8) is 0 Å². The van der Waals surface area contributed by atoms with Crippen molar-refractivity contribution < 1.29 is 17.9 Å². The van der Waals surface area contributed by atoms with Gasteiger partial charge in [-0.3, -0.25) is 9.89 Å². The Kier molecular flexibility index (Phi) is 8.65. The van der Waals surface area contributed by atoms with Gasteiger partial charge in [-0.1, -0.05) is 41.9 Å². The van der Waals surface area contributed by atoms with Crippen LogP contribution in [-0.2, 0) is 23.1 Å². The molecule has 0 spiro atoms. The molecular formula is C28H28ClN5O4S2. The zero-order chi connectivity index (χ0) is 28.1. The molecule has 208 valence electrons. The van der Waals surface area contributed by atoms with Crippen molar-refractivity contribution >= 4 is 49.7 Å². The van der Waals surface area contributed by atoms with E-state index < -0.39 is 10.0 Å². The number of likely N-dealkylation sites (tertiary alicyclic amines) is 1. The number of hydrogen-bond acceptors (Lipinski definition) is 9. The molecule has 1 aromatic heterocycles. The van der Waals surface area contributed by atoms with E-state index in [1.54, 1.807) is 31.4 Å². The highest BCUT2D eigenvalue weighted by atomic mass is 35.5. The van der Waals surface area contributed by atoms with E-state index in [0.29, 0.717) is 22.7 Å². The molecule has 0 saturated carbocycles. The lowest BCUT2D eigenvalue weighted by Crippen LogP contribution is -2.30. The van der Waals surface area contributed by atoms with Crippen LogP contribution >= 0.6 is 23.1 Å². The van der Waals surface area contributed by atoms with E-state index in [-0.39, 0.29) is 21.6 Å². The van der Waals surface area contributed by atoms with Crippen LogP contribution in [0.3, 0.4) is 0 Å². The van der Waals surface area contributed by atoms with Gasteiger partial charge in [0.1, 0.15) is 17.8 Å². The predicted octanol–water partition coefficient (Wildman–Crippen LogP) is 5.58. The molecule has 1 aliphatic heterocycles. The predicted molar refractivity (Wildman–Crippen MR) is 158 cm³/mol. The largest absolute Gasteiger partial charge is 0.497 e. The molecule has 5 rings (SSSR count). The molecule has 0 bridgehead atoms. The van der Waals surface area contributed by atoms with Gasteiger partial charge < -0.3 is 9.47 Å². The molecule has 4 aromatic rings. The number of aromatic nitrogens is 2. The molecule has 12 heteroatoms. The van der Waals surface area contributed by atoms with Crippen molar-refractivity contribution in [3.8, 4) is 11.5 Å². The van der Waals surface area contributed by atoms with Gasteiger partial charge in [-0.25, -0.2) is 17.7 Å². The molecule has 2 heterocycles. The van der Waals surface area contributed by atoms with Crippen molar-refractivity contribution in [2.24, 2.45) is 4.99 Å². The molecule has 0 N–H and O–H groups in total. The Balaban J connectivity index is 1.38. The monoisotopic (exact) mass is 597 g/mol. The molecule has 0 unspecified atom stereocenters. The Bertz CT molecular complexity index is 1600. The van der Waals surface area contributed by atoms with Gasteiger partial charge in [0.2, 0.25) is 5.13 Å². The highest BCUT2D eigenvalue weighted by Crippen LogP contribution is 2.34. The smallest absolute Gasteiger partial charge is 0.266 e. The zero-order valence-electron chi connectivity index (χ0n) is 22.0. The molecule has 0 radical (unpaired) electrons. The third-order valence-electron chi connectivity index (χ3n) is 6.53. The third kappa shape index (κ3) is 6.28. The van der Waals surface area contributed by atoms with E-state index >= 15 is 0 Å². The Morgan fingerprint density at radius 3 is 2.60 bits per heavy atom. The van der Waals surface area contributed by atoms with Crippen LogP contribution in [0, 0.1) is 0 Å². The lowest BCUT2D eigenvalue weighted by Gasteiger charge is -2.23. The normalized spacial score (nSPS) is 14.9. The second kappa shape index (κ2) is 12.3. The standard InChI is InChI=1S/C28H28ClN5O4S2/c1-37-23-9-8-21(27(14-23)38-2)17-34(28-30-19-31-39-28)40(35,36)24-10-11-26(25(29)15-24)32-22-12-13-33(18-22)16-20-6-4-3-5-7-20/h3-11,14-15,19H,12-13,16-18H2,1-2H3. The Labute approximate surface area is 242 Å². The minimum Gasteiger partial charge on any atom is -0.497 e. The van der Waals surface area contributed by atoms with Crippen molar-refractivity contribution in [3.05, 3.63) is 89.2 Å². The molecule has 0 amide bonds. The number of hydrogen-bond donors (Lipinski definition) is 0. The van der Waals surface area contributed by atoms with Crippen LogP contribution in [0.2, 0.25) is 5.02 Å². The van der Waals surface area contributed by atoms with Gasteiger partial charge in [-0.2, -0.15) is 4.37 Å². The lowest BCUT2D eigenvalue weighted by molar-refractivity contribution is 0.341. The van der Waals surface area contributed by atoms with Gasteiger partial charge in [0.25, 0.3) is 10.0 Å². The first-order chi connectivity index (χ1) is 19.4. The van der Waals surface area contributed by atoms with Crippen LogP contribution < -0.4 is 13.8 Å². The van der Waals surface area contributed by atoms with Gasteiger partial charge >= 0.3 is 0 Å². The van der Waals surface area contributed by atoms with Gasteiger partial charge in [-0.05, 0) is 42.3 Å². The number of nitrogens with zero attached hydrogens (tertiary/aromatic N) is 5. The fourth-order valence-corrected chi connectivity index (χ4v) is 6.92. The lowest BCUT2D eigenvalue weighted by atomic mass is 10.2. The average molecular weight is 598 g/mol. The highest BCUT2D eigenvalue weighted by molar-refractivity contribution is 7.93. The first kappa shape index (κ1) is 28.0. The second-order valence-electron chi connectivity index (χ2n) is 9.15. The summed E-state index contributed by atoms with van der Waals surface area (Å²) >= 11 is 7.57. The molecule has 1 fully saturated rings. The summed E-state index contributed by atoms with van der Waals surface area (Å²) in [6.45, 7) is 2.47. The van der Waals surface area contributed by atoms with Crippen molar-refractivity contribution in [1.29, 1.82) is 0 Å². The fourth-order valence-electron chi connectivity index (χ4n) is 4.48. The van der Waals surface area contributed by atoms with Gasteiger partial charge in [-0.15, -0.1) is 0 Å². The zero-order valence-corrected chi connectivity index (χ0v) is 24.4. The summed E-state index contributed by atoms with van der Waals surface area (Å²) in [7, 11) is -0.985. The Morgan fingerprint density at radius 2 is 1.90 bits per heavy atom. The van der Waals surface area contributed by atoms with Crippen molar-refractivity contribution in [2.45, 2.75) is 24.4 Å². The number of aliphatic imine (C=N–C) groups is 1. The Morgan fingerprint density at radius 1 is 1.07 bits per heavy atom. The van der Waals surface area contributed by atoms with Crippen molar-refractivity contribution in [1.82, 2.24) is 14.3 Å². The van der Waals surface area contributed by atoms with E-state index in [1.165, 1.54) is 35.4 Å². The molecule has 0 aliphatic carbocycles. The molecule has 1 aliphatic rings. The van der Waals surface area contributed by atoms with E-state index in [4.69, 9.17) is 26.1 Å². The number of anilines is 1. The summed E-state index contributed by atoms with van der Waals surface area (Å²) in [6.07, 6.45) is 2.15.